The average Bonchev–Trinajstić information content (AvgIpc) is 2.82. The number of hydrogen-bond acceptors (Lipinski definition) is 1. The van der Waals surface area contributed by atoms with Crippen LogP contribution >= 0.6 is 23.2 Å². The number of nitrogens with zero attached hydrogens (tertiary/aromatic N) is 2. The number of imidazole rings is 1. The first-order chi connectivity index (χ1) is 9.63. The predicted octanol–water partition coefficient (Wildman–Crippen LogP) is 4.87. The summed E-state index contributed by atoms with van der Waals surface area (Å²) in [5, 5.41) is 0.0819. The second-order valence-corrected chi connectivity index (χ2v) is 5.19. The van der Waals surface area contributed by atoms with Gasteiger partial charge in [0.1, 0.15) is 5.82 Å². The first-order valence-electron chi connectivity index (χ1n) is 6.10. The monoisotopic (exact) mass is 308 g/mol. The molecule has 0 spiro atoms. The summed E-state index contributed by atoms with van der Waals surface area (Å²) < 4.78 is 16.1. The molecule has 0 radical (unpaired) electrons. The molecular formula is C15H11Cl2FN2. The fourth-order valence-corrected chi connectivity index (χ4v) is 2.71. The van der Waals surface area contributed by atoms with E-state index < -0.39 is 5.82 Å². The lowest BCUT2D eigenvalue weighted by Crippen LogP contribution is -2.03. The van der Waals surface area contributed by atoms with Crippen LogP contribution in [0.3, 0.4) is 0 Å². The Kier molecular flexibility index (Phi) is 3.40. The zero-order chi connectivity index (χ0) is 14.3. The van der Waals surface area contributed by atoms with Crippen molar-refractivity contribution < 1.29 is 4.39 Å². The third-order valence-electron chi connectivity index (χ3n) is 3.24. The van der Waals surface area contributed by atoms with E-state index in [9.17, 15) is 4.39 Å². The van der Waals surface area contributed by atoms with Crippen LogP contribution in [0.15, 0.2) is 36.4 Å². The molecule has 102 valence electrons. The lowest BCUT2D eigenvalue weighted by atomic mass is 10.2. The highest BCUT2D eigenvalue weighted by Gasteiger charge is 2.17. The number of benzene rings is 2. The molecule has 0 fully saturated rings. The van der Waals surface area contributed by atoms with Crippen molar-refractivity contribution in [1.82, 2.24) is 9.55 Å². The summed E-state index contributed by atoms with van der Waals surface area (Å²) in [4.78, 5) is 4.46. The van der Waals surface area contributed by atoms with Crippen LogP contribution in [0.2, 0.25) is 5.02 Å². The van der Waals surface area contributed by atoms with Gasteiger partial charge >= 0.3 is 0 Å². The number of hydrogen-bond donors (Lipinski definition) is 0. The smallest absolute Gasteiger partial charge is 0.165 e. The zero-order valence-electron chi connectivity index (χ0n) is 10.7. The SMILES string of the molecule is Cc1cccc2nc(CCl)n(-c3cccc(Cl)c3F)c12. The minimum absolute atomic E-state index is 0.0819. The molecule has 0 unspecified atom stereocenters. The van der Waals surface area contributed by atoms with E-state index in [0.717, 1.165) is 16.6 Å². The first-order valence-corrected chi connectivity index (χ1v) is 7.02. The van der Waals surface area contributed by atoms with Gasteiger partial charge in [-0.25, -0.2) is 9.37 Å². The Hall–Kier alpha value is -1.58. The van der Waals surface area contributed by atoms with E-state index in [1.165, 1.54) is 6.07 Å². The molecule has 20 heavy (non-hydrogen) atoms. The summed E-state index contributed by atoms with van der Waals surface area (Å²) in [6.07, 6.45) is 0. The van der Waals surface area contributed by atoms with Crippen LogP contribution in [0.1, 0.15) is 11.4 Å². The average molecular weight is 309 g/mol. The van der Waals surface area contributed by atoms with Crippen molar-refractivity contribution >= 4 is 34.2 Å². The number of para-hydroxylation sites is 1. The van der Waals surface area contributed by atoms with Crippen LogP contribution in [-0.4, -0.2) is 9.55 Å². The molecule has 2 nitrogen and oxygen atoms in total. The quantitative estimate of drug-likeness (QED) is 0.618. The van der Waals surface area contributed by atoms with Crippen molar-refractivity contribution in [3.05, 3.63) is 58.6 Å². The van der Waals surface area contributed by atoms with Gasteiger partial charge in [-0.05, 0) is 30.7 Å². The van der Waals surface area contributed by atoms with Crippen LogP contribution in [0.5, 0.6) is 0 Å². The molecule has 0 amide bonds. The van der Waals surface area contributed by atoms with Gasteiger partial charge in [0.05, 0.1) is 27.6 Å². The van der Waals surface area contributed by atoms with Crippen molar-refractivity contribution in [2.24, 2.45) is 0 Å². The number of fused-ring (bicyclic) bond motifs is 1. The number of aromatic nitrogens is 2. The van der Waals surface area contributed by atoms with Gasteiger partial charge in [-0.2, -0.15) is 0 Å². The van der Waals surface area contributed by atoms with Gasteiger partial charge in [0.2, 0.25) is 0 Å². The molecule has 0 saturated carbocycles. The van der Waals surface area contributed by atoms with Crippen LogP contribution in [-0.2, 0) is 5.88 Å². The number of alkyl halides is 1. The largest absolute Gasteiger partial charge is 0.292 e. The maximum Gasteiger partial charge on any atom is 0.165 e. The first kappa shape index (κ1) is 13.4. The lowest BCUT2D eigenvalue weighted by molar-refractivity contribution is 0.618. The third-order valence-corrected chi connectivity index (χ3v) is 3.77. The van der Waals surface area contributed by atoms with Gasteiger partial charge in [0.15, 0.2) is 5.82 Å². The summed E-state index contributed by atoms with van der Waals surface area (Å²) in [5.41, 5.74) is 3.01. The van der Waals surface area contributed by atoms with Crippen LogP contribution in [0.4, 0.5) is 4.39 Å². The highest BCUT2D eigenvalue weighted by Crippen LogP contribution is 2.29. The molecule has 2 aromatic carbocycles. The van der Waals surface area contributed by atoms with E-state index in [-0.39, 0.29) is 10.9 Å². The van der Waals surface area contributed by atoms with E-state index in [0.29, 0.717) is 11.5 Å². The Morgan fingerprint density at radius 1 is 1.20 bits per heavy atom. The van der Waals surface area contributed by atoms with Crippen molar-refractivity contribution in [3.63, 3.8) is 0 Å². The molecule has 1 heterocycles. The Morgan fingerprint density at radius 3 is 2.70 bits per heavy atom. The standard InChI is InChI=1S/C15H11Cl2FN2/c1-9-4-2-6-11-15(9)20(13(8-16)19-11)12-7-3-5-10(17)14(12)18/h2-7H,8H2,1H3. The molecule has 0 aliphatic carbocycles. The van der Waals surface area contributed by atoms with Gasteiger partial charge in [-0.15, -0.1) is 11.6 Å². The summed E-state index contributed by atoms with van der Waals surface area (Å²) in [7, 11) is 0. The van der Waals surface area contributed by atoms with Gasteiger partial charge in [0.25, 0.3) is 0 Å². The molecule has 1 aromatic heterocycles. The van der Waals surface area contributed by atoms with E-state index in [4.69, 9.17) is 23.2 Å². The highest BCUT2D eigenvalue weighted by atomic mass is 35.5. The topological polar surface area (TPSA) is 17.8 Å². The minimum atomic E-state index is -0.469. The summed E-state index contributed by atoms with van der Waals surface area (Å²) in [5.74, 6) is 0.320. The van der Waals surface area contributed by atoms with Crippen molar-refractivity contribution in [2.45, 2.75) is 12.8 Å². The van der Waals surface area contributed by atoms with Gasteiger partial charge in [-0.3, -0.25) is 4.57 Å². The normalized spacial score (nSPS) is 11.2. The van der Waals surface area contributed by atoms with Crippen molar-refractivity contribution in [1.29, 1.82) is 0 Å². The second-order valence-electron chi connectivity index (χ2n) is 4.51. The fraction of sp³-hybridized carbons (Fsp3) is 0.133. The minimum Gasteiger partial charge on any atom is -0.292 e. The third kappa shape index (κ3) is 1.98. The summed E-state index contributed by atoms with van der Waals surface area (Å²) in [6.45, 7) is 1.96. The lowest BCUT2D eigenvalue weighted by Gasteiger charge is -2.11. The molecule has 0 bridgehead atoms. The predicted molar refractivity (Wildman–Crippen MR) is 80.3 cm³/mol. The van der Waals surface area contributed by atoms with Crippen molar-refractivity contribution in [2.75, 3.05) is 0 Å². The molecule has 0 aliphatic heterocycles. The molecular weight excluding hydrogens is 298 g/mol. The Labute approximate surface area is 125 Å². The van der Waals surface area contributed by atoms with Crippen LogP contribution in [0, 0.1) is 12.7 Å². The summed E-state index contributed by atoms with van der Waals surface area (Å²) in [6, 6.07) is 10.7. The van der Waals surface area contributed by atoms with E-state index in [1.54, 1.807) is 16.7 Å². The van der Waals surface area contributed by atoms with E-state index in [2.05, 4.69) is 4.98 Å². The van der Waals surface area contributed by atoms with Gasteiger partial charge in [-0.1, -0.05) is 29.8 Å². The van der Waals surface area contributed by atoms with E-state index >= 15 is 0 Å². The maximum absolute atomic E-state index is 14.3. The Balaban J connectivity index is 2.43. The molecule has 0 atom stereocenters. The molecule has 0 aliphatic rings. The number of aryl methyl sites for hydroxylation is 1. The molecule has 0 N–H and O–H groups in total. The zero-order valence-corrected chi connectivity index (χ0v) is 12.2. The molecule has 3 aromatic rings. The van der Waals surface area contributed by atoms with Crippen molar-refractivity contribution in [3.8, 4) is 5.69 Å². The van der Waals surface area contributed by atoms with E-state index in [1.807, 2.05) is 25.1 Å². The maximum atomic E-state index is 14.3. The van der Waals surface area contributed by atoms with Crippen LogP contribution in [0.25, 0.3) is 16.7 Å². The number of halogens is 3. The molecule has 5 heteroatoms. The highest BCUT2D eigenvalue weighted by molar-refractivity contribution is 6.30. The molecule has 3 rings (SSSR count). The van der Waals surface area contributed by atoms with Gasteiger partial charge < -0.3 is 0 Å². The number of rotatable bonds is 2. The Bertz CT molecular complexity index is 796. The Morgan fingerprint density at radius 2 is 1.95 bits per heavy atom. The van der Waals surface area contributed by atoms with Crippen LogP contribution < -0.4 is 0 Å². The summed E-state index contributed by atoms with van der Waals surface area (Å²) >= 11 is 11.8. The second kappa shape index (κ2) is 5.08. The molecule has 0 saturated heterocycles. The van der Waals surface area contributed by atoms with Gasteiger partial charge in [0, 0.05) is 0 Å². The fourth-order valence-electron chi connectivity index (χ4n) is 2.36.